The van der Waals surface area contributed by atoms with Crippen LogP contribution in [0.5, 0.6) is 0 Å². The molecule has 0 spiro atoms. The Balaban J connectivity index is 1.96. The molecule has 0 aromatic rings. The molecular weight excluding hydrogens is 224 g/mol. The molecule has 2 heteroatoms. The number of hydrogen-bond acceptors (Lipinski definition) is 2. The lowest BCUT2D eigenvalue weighted by molar-refractivity contribution is -0.147. The molecular formula is C16H26O2. The Morgan fingerprint density at radius 2 is 2.00 bits per heavy atom. The van der Waals surface area contributed by atoms with Gasteiger partial charge in [-0.3, -0.25) is 4.79 Å². The second kappa shape index (κ2) is 4.71. The van der Waals surface area contributed by atoms with E-state index in [0.717, 1.165) is 19.3 Å². The summed E-state index contributed by atoms with van der Waals surface area (Å²) in [5.74, 6) is 0.557. The summed E-state index contributed by atoms with van der Waals surface area (Å²) in [5, 5.41) is 0. The number of esters is 1. The number of hydrogen-bond donors (Lipinski definition) is 0. The van der Waals surface area contributed by atoms with Crippen molar-refractivity contribution in [3.8, 4) is 0 Å². The molecule has 1 aliphatic carbocycles. The number of carbonyl (C=O) groups is 1. The van der Waals surface area contributed by atoms with Crippen LogP contribution in [0.4, 0.5) is 0 Å². The van der Waals surface area contributed by atoms with Crippen molar-refractivity contribution in [1.82, 2.24) is 0 Å². The Hall–Kier alpha value is -0.790. The summed E-state index contributed by atoms with van der Waals surface area (Å²) in [6, 6.07) is 0. The van der Waals surface area contributed by atoms with E-state index in [1.54, 1.807) is 0 Å². The zero-order valence-electron chi connectivity index (χ0n) is 12.1. The average molecular weight is 250 g/mol. The van der Waals surface area contributed by atoms with Gasteiger partial charge in [-0.25, -0.2) is 0 Å². The highest BCUT2D eigenvalue weighted by Crippen LogP contribution is 2.46. The van der Waals surface area contributed by atoms with E-state index in [0.29, 0.717) is 17.8 Å². The van der Waals surface area contributed by atoms with Gasteiger partial charge in [-0.2, -0.15) is 0 Å². The van der Waals surface area contributed by atoms with Crippen molar-refractivity contribution >= 4 is 5.97 Å². The first-order valence-electron chi connectivity index (χ1n) is 7.22. The second-order valence-corrected chi connectivity index (χ2v) is 7.02. The minimum atomic E-state index is -0.217. The summed E-state index contributed by atoms with van der Waals surface area (Å²) >= 11 is 0. The minimum absolute atomic E-state index is 0.0285. The normalized spacial score (nSPS) is 35.6. The maximum Gasteiger partial charge on any atom is 0.306 e. The molecule has 1 saturated carbocycles. The molecule has 0 bridgehead atoms. The maximum absolute atomic E-state index is 11.3. The summed E-state index contributed by atoms with van der Waals surface area (Å²) in [7, 11) is 0. The molecule has 2 rings (SSSR count). The van der Waals surface area contributed by atoms with Gasteiger partial charge in [-0.1, -0.05) is 26.0 Å². The Bertz CT molecular complexity index is 356. The van der Waals surface area contributed by atoms with Gasteiger partial charge < -0.3 is 4.74 Å². The van der Waals surface area contributed by atoms with E-state index < -0.39 is 0 Å². The van der Waals surface area contributed by atoms with Gasteiger partial charge in [-0.05, 0) is 56.8 Å². The molecule has 1 saturated heterocycles. The third-order valence-electron chi connectivity index (χ3n) is 4.94. The topological polar surface area (TPSA) is 26.3 Å². The summed E-state index contributed by atoms with van der Waals surface area (Å²) in [6.45, 7) is 11.1. The molecule has 0 unspecified atom stereocenters. The van der Waals surface area contributed by atoms with Crippen LogP contribution in [0.15, 0.2) is 12.2 Å². The quantitative estimate of drug-likeness (QED) is 0.553. The molecule has 1 aliphatic heterocycles. The smallest absolute Gasteiger partial charge is 0.306 e. The van der Waals surface area contributed by atoms with Crippen LogP contribution in [0.3, 0.4) is 0 Å². The number of cyclic esters (lactones) is 1. The summed E-state index contributed by atoms with van der Waals surface area (Å²) in [4.78, 5) is 11.3. The lowest BCUT2D eigenvalue weighted by Crippen LogP contribution is -2.32. The lowest BCUT2D eigenvalue weighted by atomic mass is 9.64. The van der Waals surface area contributed by atoms with Gasteiger partial charge in [0.05, 0.1) is 0 Å². The fraction of sp³-hybridized carbons (Fsp3) is 0.812. The molecule has 18 heavy (non-hydrogen) atoms. The van der Waals surface area contributed by atoms with Crippen molar-refractivity contribution in [2.24, 2.45) is 11.3 Å². The van der Waals surface area contributed by atoms with Crippen molar-refractivity contribution in [1.29, 1.82) is 0 Å². The second-order valence-electron chi connectivity index (χ2n) is 7.02. The van der Waals surface area contributed by atoms with Crippen LogP contribution in [-0.2, 0) is 9.53 Å². The van der Waals surface area contributed by atoms with Gasteiger partial charge in [0, 0.05) is 6.42 Å². The molecule has 2 atom stereocenters. The van der Waals surface area contributed by atoms with Crippen LogP contribution in [0, 0.1) is 11.3 Å². The van der Waals surface area contributed by atoms with E-state index in [4.69, 9.17) is 4.74 Å². The van der Waals surface area contributed by atoms with E-state index in [1.165, 1.54) is 24.8 Å². The van der Waals surface area contributed by atoms with Gasteiger partial charge >= 0.3 is 5.97 Å². The first-order valence-corrected chi connectivity index (χ1v) is 7.22. The van der Waals surface area contributed by atoms with Crippen LogP contribution in [0.25, 0.3) is 0 Å². The SMILES string of the molecule is C=C1CCCC(C)(C)[C@H]1CC[C@]1(C)CCC(=O)O1. The highest BCUT2D eigenvalue weighted by molar-refractivity contribution is 5.72. The Labute approximate surface area is 111 Å². The fourth-order valence-corrected chi connectivity index (χ4v) is 3.64. The van der Waals surface area contributed by atoms with Crippen molar-refractivity contribution < 1.29 is 9.53 Å². The van der Waals surface area contributed by atoms with E-state index in [-0.39, 0.29) is 11.6 Å². The molecule has 0 aromatic carbocycles. The van der Waals surface area contributed by atoms with Crippen molar-refractivity contribution in [3.05, 3.63) is 12.2 Å². The maximum atomic E-state index is 11.3. The largest absolute Gasteiger partial charge is 0.459 e. The predicted molar refractivity (Wildman–Crippen MR) is 73.2 cm³/mol. The van der Waals surface area contributed by atoms with Gasteiger partial charge in [0.2, 0.25) is 0 Å². The average Bonchev–Trinajstić information content (AvgIpc) is 2.57. The fourth-order valence-electron chi connectivity index (χ4n) is 3.64. The minimum Gasteiger partial charge on any atom is -0.459 e. The zero-order valence-corrected chi connectivity index (χ0v) is 12.1. The van der Waals surface area contributed by atoms with Gasteiger partial charge in [0.1, 0.15) is 5.60 Å². The van der Waals surface area contributed by atoms with Crippen LogP contribution in [-0.4, -0.2) is 11.6 Å². The predicted octanol–water partition coefficient (Wildman–Crippen LogP) is 4.24. The first-order chi connectivity index (χ1) is 8.32. The third-order valence-corrected chi connectivity index (χ3v) is 4.94. The van der Waals surface area contributed by atoms with E-state index in [1.807, 2.05) is 0 Å². The summed E-state index contributed by atoms with van der Waals surface area (Å²) in [5.41, 5.74) is 1.54. The Morgan fingerprint density at radius 1 is 1.28 bits per heavy atom. The highest BCUT2D eigenvalue weighted by Gasteiger charge is 2.39. The standard InChI is InChI=1S/C16H26O2/c1-12-6-5-9-15(2,3)13(12)7-10-16(4)11-8-14(17)18-16/h13H,1,5-11H2,2-4H3/t13-,16+/m0/s1. The first kappa shape index (κ1) is 13.6. The summed E-state index contributed by atoms with van der Waals surface area (Å²) in [6.07, 6.45) is 7.28. The van der Waals surface area contributed by atoms with Gasteiger partial charge in [0.15, 0.2) is 0 Å². The molecule has 2 nitrogen and oxygen atoms in total. The number of rotatable bonds is 3. The Kier molecular flexibility index (Phi) is 3.57. The molecule has 0 radical (unpaired) electrons. The molecule has 102 valence electrons. The van der Waals surface area contributed by atoms with Crippen molar-refractivity contribution in [3.63, 3.8) is 0 Å². The molecule has 0 N–H and O–H groups in total. The zero-order chi connectivity index (χ0) is 13.4. The number of ether oxygens (including phenoxy) is 1. The van der Waals surface area contributed by atoms with Crippen LogP contribution < -0.4 is 0 Å². The van der Waals surface area contributed by atoms with Crippen molar-refractivity contribution in [2.75, 3.05) is 0 Å². The van der Waals surface area contributed by atoms with Crippen LogP contribution in [0.1, 0.15) is 65.7 Å². The van der Waals surface area contributed by atoms with Gasteiger partial charge in [-0.15, -0.1) is 0 Å². The Morgan fingerprint density at radius 3 is 2.56 bits per heavy atom. The van der Waals surface area contributed by atoms with E-state index in [9.17, 15) is 4.79 Å². The monoisotopic (exact) mass is 250 g/mol. The molecule has 2 aliphatic rings. The van der Waals surface area contributed by atoms with E-state index in [2.05, 4.69) is 27.4 Å². The lowest BCUT2D eigenvalue weighted by Gasteiger charge is -2.41. The molecule has 0 amide bonds. The number of allylic oxidation sites excluding steroid dienone is 1. The van der Waals surface area contributed by atoms with E-state index >= 15 is 0 Å². The molecule has 0 aromatic heterocycles. The van der Waals surface area contributed by atoms with Crippen LogP contribution in [0.2, 0.25) is 0 Å². The highest BCUT2D eigenvalue weighted by atomic mass is 16.6. The van der Waals surface area contributed by atoms with Crippen LogP contribution >= 0.6 is 0 Å². The molecule has 1 heterocycles. The third kappa shape index (κ3) is 2.78. The molecule has 2 fully saturated rings. The number of carbonyl (C=O) groups excluding carboxylic acids is 1. The van der Waals surface area contributed by atoms with Crippen molar-refractivity contribution in [2.45, 2.75) is 71.3 Å². The van der Waals surface area contributed by atoms with Gasteiger partial charge in [0.25, 0.3) is 0 Å². The summed E-state index contributed by atoms with van der Waals surface area (Å²) < 4.78 is 5.47.